The molecule has 0 bridgehead atoms. The second kappa shape index (κ2) is 28.8. The number of benzene rings is 2. The fourth-order valence-electron chi connectivity index (χ4n) is 9.77. The van der Waals surface area contributed by atoms with Crippen molar-refractivity contribution in [2.45, 2.75) is 216 Å². The zero-order valence-corrected chi connectivity index (χ0v) is 48.0. The van der Waals surface area contributed by atoms with Crippen molar-refractivity contribution in [3.63, 3.8) is 0 Å². The van der Waals surface area contributed by atoms with Crippen molar-refractivity contribution in [3.05, 3.63) is 112 Å². The third-order valence-electron chi connectivity index (χ3n) is 15.1. The molecule has 0 unspecified atom stereocenters. The number of hydrogen-bond donors (Lipinski definition) is 0. The summed E-state index contributed by atoms with van der Waals surface area (Å²) in [6.07, 6.45) is 17.9. The van der Waals surface area contributed by atoms with Crippen molar-refractivity contribution < 1.29 is 56.3 Å². The summed E-state index contributed by atoms with van der Waals surface area (Å²) in [7, 11) is -3.13. The van der Waals surface area contributed by atoms with Gasteiger partial charge in [0, 0.05) is 23.5 Å². The predicted molar refractivity (Wildman–Crippen MR) is 300 cm³/mol. The van der Waals surface area contributed by atoms with Gasteiger partial charge in [-0.2, -0.15) is 6.42 Å². The Kier molecular flexibility index (Phi) is 27.6. The third kappa shape index (κ3) is 18.4. The van der Waals surface area contributed by atoms with E-state index >= 15 is 0 Å². The van der Waals surface area contributed by atoms with Gasteiger partial charge in [0.15, 0.2) is 0 Å². The summed E-state index contributed by atoms with van der Waals surface area (Å²) in [5.74, 6) is 0.0448. The van der Waals surface area contributed by atoms with Crippen LogP contribution in [0.2, 0.25) is 0 Å². The molecule has 0 saturated heterocycles. The first kappa shape index (κ1) is 69.0. The van der Waals surface area contributed by atoms with E-state index in [4.69, 9.17) is 18.5 Å². The minimum Gasteiger partial charge on any atom is -0.463 e. The molecule has 6 rings (SSSR count). The Hall–Kier alpha value is -2.98. The van der Waals surface area contributed by atoms with Crippen LogP contribution < -0.4 is 18.9 Å². The van der Waals surface area contributed by atoms with Crippen molar-refractivity contribution in [2.24, 2.45) is 11.8 Å². The fraction of sp³-hybridized carbons (Fsp3) is 0.645. The summed E-state index contributed by atoms with van der Waals surface area (Å²) in [4.78, 5) is 33.8. The largest absolute Gasteiger partial charge is 1.00 e. The van der Waals surface area contributed by atoms with E-state index in [0.29, 0.717) is 37.9 Å². The van der Waals surface area contributed by atoms with E-state index in [9.17, 15) is 18.9 Å². The van der Waals surface area contributed by atoms with Crippen LogP contribution >= 0.6 is 7.60 Å². The van der Waals surface area contributed by atoms with Crippen LogP contribution in [0.15, 0.2) is 71.8 Å². The van der Waals surface area contributed by atoms with Crippen LogP contribution in [0.5, 0.6) is 0 Å². The molecule has 4 aliphatic rings. The number of fused-ring (bicyclic) bond motifs is 2. The standard InChI is InChI=1S/C26H36O2.C19H26O.C11H21O5P.C4H9.2CH4.Li/c1-8-28-23(27)15-18(2)9-10-20-17-26(20,7)19-11-12-21-22(16-19)25(5,6)14-13-24(21,3)4;1-17(2)8-9-18(3,4)16-10-13(6-7-15(16)17)19(5)11-14(19)12-20;1-5-14-11(12)8-10(4)9-17(13,15-6-2)16-7-3;1-3-4-2;;;/h9-12,15-16,20H,8,13-14,17H2,1-7H3;6-7,10,12,14H,8-9,11H2,1-5H3;8H,5-7,9H2,1-4H3;1,3-4H2,2H3;2*1H4;/q;;;-1;;;+1/b10-9+,18-15+;;10-8+;;;;/t20-,26-;14-,19+;;;;;/m10...../s1. The number of esters is 2. The molecule has 0 heterocycles. The summed E-state index contributed by atoms with van der Waals surface area (Å²) in [5, 5.41) is 0. The Bertz CT molecular complexity index is 2200. The van der Waals surface area contributed by atoms with Crippen LogP contribution in [0.1, 0.15) is 217 Å². The van der Waals surface area contributed by atoms with Gasteiger partial charge in [0.05, 0.1) is 32.6 Å². The van der Waals surface area contributed by atoms with Crippen LogP contribution in [0.4, 0.5) is 0 Å². The maximum Gasteiger partial charge on any atom is 1.00 e. The minimum absolute atomic E-state index is 0. The van der Waals surface area contributed by atoms with Gasteiger partial charge in [-0.3, -0.25) is 4.57 Å². The molecule has 0 spiro atoms. The number of hydrogen-bond acceptors (Lipinski definition) is 8. The average molecular weight is 1010 g/mol. The first-order chi connectivity index (χ1) is 32.1. The molecule has 72 heavy (non-hydrogen) atoms. The van der Waals surface area contributed by atoms with Crippen molar-refractivity contribution in [1.29, 1.82) is 0 Å². The van der Waals surface area contributed by atoms with Crippen LogP contribution in [-0.4, -0.2) is 50.8 Å². The van der Waals surface area contributed by atoms with Crippen molar-refractivity contribution in [2.75, 3.05) is 32.6 Å². The minimum atomic E-state index is -3.13. The van der Waals surface area contributed by atoms with Gasteiger partial charge >= 0.3 is 38.4 Å². The monoisotopic (exact) mass is 1010 g/mol. The van der Waals surface area contributed by atoms with Gasteiger partial charge in [0.2, 0.25) is 0 Å². The zero-order chi connectivity index (χ0) is 52.2. The molecular weight excluding hydrogens is 911 g/mol. The first-order valence-electron chi connectivity index (χ1n) is 25.9. The van der Waals surface area contributed by atoms with Crippen LogP contribution in [0.25, 0.3) is 0 Å². The molecule has 0 aliphatic heterocycles. The van der Waals surface area contributed by atoms with E-state index < -0.39 is 13.6 Å². The van der Waals surface area contributed by atoms with E-state index in [1.807, 2.05) is 13.8 Å². The molecule has 2 aromatic carbocycles. The molecule has 4 aliphatic carbocycles. The van der Waals surface area contributed by atoms with Gasteiger partial charge < -0.3 is 30.2 Å². The number of aldehydes is 1. The van der Waals surface area contributed by atoms with Crippen LogP contribution in [0.3, 0.4) is 0 Å². The topological polar surface area (TPSA) is 105 Å². The number of carbonyl (C=O) groups excluding carboxylic acids is 3. The predicted octanol–water partition coefficient (Wildman–Crippen LogP) is 13.5. The van der Waals surface area contributed by atoms with Gasteiger partial charge in [-0.15, -0.1) is 0 Å². The molecule has 2 fully saturated rings. The summed E-state index contributed by atoms with van der Waals surface area (Å²) < 4.78 is 32.1. The second-order valence-electron chi connectivity index (χ2n) is 22.8. The summed E-state index contributed by atoms with van der Waals surface area (Å²) in [6, 6.07) is 14.2. The Balaban J connectivity index is 0.00000102. The number of allylic oxidation sites excluding steroid dienone is 4. The van der Waals surface area contributed by atoms with E-state index in [0.717, 1.165) is 24.7 Å². The first-order valence-corrected chi connectivity index (χ1v) is 27.6. The third-order valence-corrected chi connectivity index (χ3v) is 17.3. The van der Waals surface area contributed by atoms with Crippen LogP contribution in [-0.2, 0) is 70.0 Å². The number of rotatable bonds is 16. The van der Waals surface area contributed by atoms with Gasteiger partial charge in [-0.25, -0.2) is 9.59 Å². The quantitative estimate of drug-likeness (QED) is 0.0311. The number of ether oxygens (including phenoxy) is 2. The summed E-state index contributed by atoms with van der Waals surface area (Å²) in [5.41, 5.74) is 11.8. The zero-order valence-electron chi connectivity index (χ0n) is 47.1. The summed E-state index contributed by atoms with van der Waals surface area (Å²) in [6.45, 7) is 41.3. The van der Waals surface area contributed by atoms with Crippen molar-refractivity contribution in [3.8, 4) is 0 Å². The van der Waals surface area contributed by atoms with Crippen molar-refractivity contribution in [1.82, 2.24) is 0 Å². The normalized spacial score (nSPS) is 23.6. The molecule has 8 nitrogen and oxygen atoms in total. The van der Waals surface area contributed by atoms with Gasteiger partial charge in [-0.05, 0) is 152 Å². The molecule has 10 heteroatoms. The smallest absolute Gasteiger partial charge is 0.463 e. The Morgan fingerprint density at radius 3 is 1.36 bits per heavy atom. The Morgan fingerprint density at radius 1 is 0.625 bits per heavy atom. The van der Waals surface area contributed by atoms with E-state index in [-0.39, 0.29) is 84.3 Å². The average Bonchev–Trinajstić information content (AvgIpc) is 4.17. The van der Waals surface area contributed by atoms with Gasteiger partial charge in [0.25, 0.3) is 0 Å². The molecule has 0 N–H and O–H groups in total. The molecule has 0 amide bonds. The van der Waals surface area contributed by atoms with E-state index in [1.54, 1.807) is 33.8 Å². The van der Waals surface area contributed by atoms with E-state index in [2.05, 4.69) is 132 Å². The molecule has 0 aromatic heterocycles. The van der Waals surface area contributed by atoms with Gasteiger partial charge in [-0.1, -0.05) is 152 Å². The van der Waals surface area contributed by atoms with Gasteiger partial charge in [0.1, 0.15) is 6.29 Å². The molecule has 2 aromatic rings. The fourth-order valence-corrected chi connectivity index (χ4v) is 11.5. The van der Waals surface area contributed by atoms with Crippen molar-refractivity contribution >= 4 is 25.8 Å². The maximum absolute atomic E-state index is 12.1. The number of unbranched alkanes of at least 4 members (excludes halogenated alkanes) is 1. The van der Waals surface area contributed by atoms with E-state index in [1.165, 1.54) is 78.0 Å². The second-order valence-corrected chi connectivity index (χ2v) is 24.9. The molecule has 4 atom stereocenters. The SMILES string of the molecule is C.C.CC1(C)CCC(C)(C)c2cc([C@@]3(C)C[C@H]3C=O)ccc21.CCOC(=O)/C=C(C)/C=C/[C@@H]1C[C@]1(C)c1ccc2c(c1)C(C)(C)CCC2(C)C.CCOC(=O)/C=C(\C)CP(=O)(OCC)OCC.[CH2-]CCC.[Li+]. The molecule has 2 saturated carbocycles. The maximum atomic E-state index is 12.1. The van der Waals surface area contributed by atoms with Crippen LogP contribution in [0, 0.1) is 18.8 Å². The number of carbonyl (C=O) groups is 3. The Morgan fingerprint density at radius 2 is 1.00 bits per heavy atom. The summed E-state index contributed by atoms with van der Waals surface area (Å²) >= 11 is 0. The molecular formula is C62H100LiO8P. The Labute approximate surface area is 452 Å². The molecule has 0 radical (unpaired) electrons. The molecule has 402 valence electrons.